The van der Waals surface area contributed by atoms with E-state index in [2.05, 4.69) is 63.0 Å². The molecule has 1 fully saturated rings. The largest absolute Gasteiger partial charge is 0.378 e. The molecule has 2 rings (SSSR count). The maximum atomic E-state index is 5.64. The molecule has 0 radical (unpaired) electrons. The smallest absolute Gasteiger partial charge is 0.0645 e. The van der Waals surface area contributed by atoms with Gasteiger partial charge in [-0.3, -0.25) is 4.90 Å². The third-order valence-corrected chi connectivity index (χ3v) is 4.48. The van der Waals surface area contributed by atoms with Crippen LogP contribution >= 0.6 is 0 Å². The molecule has 3 nitrogen and oxygen atoms in total. The summed E-state index contributed by atoms with van der Waals surface area (Å²) < 4.78 is 5.64. The first-order valence-corrected chi connectivity index (χ1v) is 8.07. The van der Waals surface area contributed by atoms with Crippen molar-refractivity contribution >= 4 is 0 Å². The number of benzene rings is 1. The van der Waals surface area contributed by atoms with Gasteiger partial charge in [0, 0.05) is 24.7 Å². The molecule has 1 aliphatic rings. The highest BCUT2D eigenvalue weighted by Gasteiger charge is 2.32. The van der Waals surface area contributed by atoms with Gasteiger partial charge < -0.3 is 10.1 Å². The highest BCUT2D eigenvalue weighted by atomic mass is 16.5. The number of ether oxygens (including phenoxy) is 1. The van der Waals surface area contributed by atoms with Gasteiger partial charge in [0.2, 0.25) is 0 Å². The lowest BCUT2D eigenvalue weighted by Gasteiger charge is -2.44. The molecular formula is C18H30N2O. The fourth-order valence-electron chi connectivity index (χ4n) is 3.10. The Labute approximate surface area is 129 Å². The van der Waals surface area contributed by atoms with E-state index in [1.54, 1.807) is 0 Å². The molecule has 0 bridgehead atoms. The second-order valence-corrected chi connectivity index (χ2v) is 6.78. The van der Waals surface area contributed by atoms with Crippen LogP contribution < -0.4 is 5.32 Å². The van der Waals surface area contributed by atoms with Crippen molar-refractivity contribution in [3.8, 4) is 0 Å². The van der Waals surface area contributed by atoms with Gasteiger partial charge in [-0.1, -0.05) is 30.7 Å². The predicted molar refractivity (Wildman–Crippen MR) is 88.8 cm³/mol. The quantitative estimate of drug-likeness (QED) is 0.902. The lowest BCUT2D eigenvalue weighted by Crippen LogP contribution is -2.55. The normalized spacial score (nSPS) is 20.4. The molecule has 1 heterocycles. The summed E-state index contributed by atoms with van der Waals surface area (Å²) in [7, 11) is 0. The third-order valence-electron chi connectivity index (χ3n) is 4.48. The van der Waals surface area contributed by atoms with Gasteiger partial charge in [-0.05, 0) is 45.4 Å². The molecule has 1 aliphatic heterocycles. The molecule has 0 aliphatic carbocycles. The lowest BCUT2D eigenvalue weighted by atomic mass is 9.95. The van der Waals surface area contributed by atoms with Crippen LogP contribution in [0, 0.1) is 13.8 Å². The van der Waals surface area contributed by atoms with Gasteiger partial charge in [0.15, 0.2) is 0 Å². The summed E-state index contributed by atoms with van der Waals surface area (Å²) in [5.74, 6) is 0. The van der Waals surface area contributed by atoms with Crippen LogP contribution in [0.25, 0.3) is 0 Å². The summed E-state index contributed by atoms with van der Waals surface area (Å²) in [6, 6.07) is 7.14. The van der Waals surface area contributed by atoms with E-state index in [4.69, 9.17) is 4.74 Å². The van der Waals surface area contributed by atoms with Crippen molar-refractivity contribution in [1.82, 2.24) is 10.2 Å². The minimum absolute atomic E-state index is 0.115. The SMILES string of the molecule is CCNC(CN1CCOCC1(C)C)c1cc(C)ccc1C. The van der Waals surface area contributed by atoms with Crippen molar-refractivity contribution in [3.05, 3.63) is 34.9 Å². The number of rotatable bonds is 5. The van der Waals surface area contributed by atoms with E-state index in [0.29, 0.717) is 6.04 Å². The number of likely N-dealkylation sites (N-methyl/N-ethyl adjacent to an activating group) is 1. The van der Waals surface area contributed by atoms with Crippen molar-refractivity contribution in [1.29, 1.82) is 0 Å². The molecule has 1 unspecified atom stereocenters. The summed E-state index contributed by atoms with van der Waals surface area (Å²) in [6.45, 7) is 15.8. The average molecular weight is 290 g/mol. The standard InChI is InChI=1S/C18H30N2O/c1-6-19-17(16-11-14(2)7-8-15(16)3)12-20-9-10-21-13-18(20,4)5/h7-8,11,17,19H,6,9-10,12-13H2,1-5H3. The Balaban J connectivity index is 2.20. The van der Waals surface area contributed by atoms with Crippen LogP contribution in [-0.4, -0.2) is 43.3 Å². The monoisotopic (exact) mass is 290 g/mol. The highest BCUT2D eigenvalue weighted by molar-refractivity contribution is 5.33. The van der Waals surface area contributed by atoms with Gasteiger partial charge in [0.25, 0.3) is 0 Å². The number of nitrogens with zero attached hydrogens (tertiary/aromatic N) is 1. The number of nitrogens with one attached hydrogen (secondary N) is 1. The van der Waals surface area contributed by atoms with Crippen molar-refractivity contribution < 1.29 is 4.74 Å². The molecule has 0 spiro atoms. The summed E-state index contributed by atoms with van der Waals surface area (Å²) in [5.41, 5.74) is 4.25. The molecule has 0 saturated carbocycles. The van der Waals surface area contributed by atoms with Gasteiger partial charge in [-0.2, -0.15) is 0 Å². The van der Waals surface area contributed by atoms with E-state index in [1.165, 1.54) is 16.7 Å². The van der Waals surface area contributed by atoms with Crippen LogP contribution in [0.1, 0.15) is 43.5 Å². The Bertz CT molecular complexity index is 470. The van der Waals surface area contributed by atoms with Gasteiger partial charge in [0.1, 0.15) is 0 Å². The first kappa shape index (κ1) is 16.5. The van der Waals surface area contributed by atoms with Crippen molar-refractivity contribution in [2.24, 2.45) is 0 Å². The Kier molecular flexibility index (Phi) is 5.42. The first-order valence-electron chi connectivity index (χ1n) is 8.07. The number of aryl methyl sites for hydroxylation is 2. The molecular weight excluding hydrogens is 260 g/mol. The second kappa shape index (κ2) is 6.91. The topological polar surface area (TPSA) is 24.5 Å². The molecule has 1 aromatic carbocycles. The lowest BCUT2D eigenvalue weighted by molar-refractivity contribution is -0.0545. The van der Waals surface area contributed by atoms with Gasteiger partial charge in [-0.25, -0.2) is 0 Å². The average Bonchev–Trinajstić information content (AvgIpc) is 2.43. The van der Waals surface area contributed by atoms with Gasteiger partial charge >= 0.3 is 0 Å². The number of hydrogen-bond donors (Lipinski definition) is 1. The third kappa shape index (κ3) is 4.06. The molecule has 21 heavy (non-hydrogen) atoms. The summed E-state index contributed by atoms with van der Waals surface area (Å²) in [4.78, 5) is 2.56. The Morgan fingerprint density at radius 2 is 2.10 bits per heavy atom. The Hall–Kier alpha value is -0.900. The van der Waals surface area contributed by atoms with Crippen LogP contribution in [0.15, 0.2) is 18.2 Å². The minimum atomic E-state index is 0.115. The van der Waals surface area contributed by atoms with E-state index < -0.39 is 0 Å². The zero-order valence-electron chi connectivity index (χ0n) is 14.2. The van der Waals surface area contributed by atoms with Gasteiger partial charge in [-0.15, -0.1) is 0 Å². The van der Waals surface area contributed by atoms with E-state index in [0.717, 1.165) is 32.8 Å². The van der Waals surface area contributed by atoms with Crippen molar-refractivity contribution in [2.75, 3.05) is 32.8 Å². The number of hydrogen-bond acceptors (Lipinski definition) is 3. The zero-order valence-corrected chi connectivity index (χ0v) is 14.2. The fourth-order valence-corrected chi connectivity index (χ4v) is 3.10. The maximum Gasteiger partial charge on any atom is 0.0645 e. The van der Waals surface area contributed by atoms with E-state index >= 15 is 0 Å². The Morgan fingerprint density at radius 1 is 1.33 bits per heavy atom. The fraction of sp³-hybridized carbons (Fsp3) is 0.667. The predicted octanol–water partition coefficient (Wildman–Crippen LogP) is 3.06. The highest BCUT2D eigenvalue weighted by Crippen LogP contribution is 2.25. The number of morpholine rings is 1. The summed E-state index contributed by atoms with van der Waals surface area (Å²) >= 11 is 0. The van der Waals surface area contributed by atoms with Crippen LogP contribution in [-0.2, 0) is 4.74 Å². The molecule has 3 heteroatoms. The molecule has 1 saturated heterocycles. The molecule has 1 aromatic rings. The first-order chi connectivity index (χ1) is 9.94. The molecule has 0 aromatic heterocycles. The van der Waals surface area contributed by atoms with Crippen LogP contribution in [0.5, 0.6) is 0 Å². The maximum absolute atomic E-state index is 5.64. The van der Waals surface area contributed by atoms with Crippen LogP contribution in [0.2, 0.25) is 0 Å². The van der Waals surface area contributed by atoms with Crippen LogP contribution in [0.3, 0.4) is 0 Å². The minimum Gasteiger partial charge on any atom is -0.378 e. The molecule has 1 atom stereocenters. The second-order valence-electron chi connectivity index (χ2n) is 6.78. The molecule has 1 N–H and O–H groups in total. The Morgan fingerprint density at radius 3 is 2.76 bits per heavy atom. The van der Waals surface area contributed by atoms with E-state index in [9.17, 15) is 0 Å². The molecule has 118 valence electrons. The van der Waals surface area contributed by atoms with Crippen LogP contribution in [0.4, 0.5) is 0 Å². The summed E-state index contributed by atoms with van der Waals surface area (Å²) in [6.07, 6.45) is 0. The van der Waals surface area contributed by atoms with Crippen molar-refractivity contribution in [3.63, 3.8) is 0 Å². The van der Waals surface area contributed by atoms with E-state index in [1.807, 2.05) is 0 Å². The van der Waals surface area contributed by atoms with E-state index in [-0.39, 0.29) is 5.54 Å². The zero-order chi connectivity index (χ0) is 15.5. The van der Waals surface area contributed by atoms with Gasteiger partial charge in [0.05, 0.1) is 13.2 Å². The van der Waals surface area contributed by atoms with Crippen molar-refractivity contribution in [2.45, 2.75) is 46.2 Å². The summed E-state index contributed by atoms with van der Waals surface area (Å²) in [5, 5.41) is 3.67. The molecule has 0 amide bonds.